The fraction of sp³-hybridized carbons (Fsp3) is 0.333. The van der Waals surface area contributed by atoms with E-state index >= 15 is 0 Å². The summed E-state index contributed by atoms with van der Waals surface area (Å²) in [5.41, 5.74) is 0. The predicted octanol–water partition coefficient (Wildman–Crippen LogP) is 2.84. The summed E-state index contributed by atoms with van der Waals surface area (Å²) in [6, 6.07) is 1.72. The number of nitrogens with zero attached hydrogens (tertiary/aromatic N) is 2. The molecule has 2 rings (SSSR count). The van der Waals surface area contributed by atoms with Crippen molar-refractivity contribution in [1.29, 1.82) is 0 Å². The molecule has 1 saturated heterocycles. The first-order valence-electron chi connectivity index (χ1n) is 4.33. The summed E-state index contributed by atoms with van der Waals surface area (Å²) in [6.45, 7) is 0.501. The molecule has 0 N–H and O–H groups in total. The van der Waals surface area contributed by atoms with E-state index in [4.69, 9.17) is 23.2 Å². The number of pyridine rings is 1. The molecule has 1 fully saturated rings. The van der Waals surface area contributed by atoms with Gasteiger partial charge in [-0.1, -0.05) is 11.6 Å². The van der Waals surface area contributed by atoms with Crippen LogP contribution in [0.1, 0.15) is 6.42 Å². The molecule has 0 aromatic carbocycles. The lowest BCUT2D eigenvalue weighted by Gasteiger charge is -2.14. The van der Waals surface area contributed by atoms with Crippen LogP contribution in [-0.2, 0) is 4.79 Å². The molecule has 0 radical (unpaired) electrons. The Bertz CT molecular complexity index is 413. The fourth-order valence-corrected chi connectivity index (χ4v) is 2.12. The van der Waals surface area contributed by atoms with Crippen molar-refractivity contribution in [3.8, 4) is 0 Å². The summed E-state index contributed by atoms with van der Waals surface area (Å²) >= 11 is 15.0. The Labute approximate surface area is 106 Å². The van der Waals surface area contributed by atoms with Gasteiger partial charge in [-0.15, -0.1) is 11.6 Å². The van der Waals surface area contributed by atoms with Crippen LogP contribution in [0.2, 0.25) is 5.02 Å². The number of amides is 1. The van der Waals surface area contributed by atoms with Crippen LogP contribution in [0, 0.1) is 0 Å². The Hall–Kier alpha value is -0.320. The molecule has 15 heavy (non-hydrogen) atoms. The molecule has 0 spiro atoms. The number of carbonyl (C=O) groups is 1. The Morgan fingerprint density at radius 3 is 2.87 bits per heavy atom. The number of rotatable bonds is 1. The van der Waals surface area contributed by atoms with E-state index in [1.54, 1.807) is 11.0 Å². The van der Waals surface area contributed by atoms with E-state index in [1.165, 1.54) is 6.20 Å². The minimum atomic E-state index is -0.131. The van der Waals surface area contributed by atoms with Crippen LogP contribution in [0.4, 0.5) is 5.82 Å². The van der Waals surface area contributed by atoms with Crippen LogP contribution in [0.5, 0.6) is 0 Å². The number of anilines is 1. The van der Waals surface area contributed by atoms with E-state index in [1.807, 2.05) is 0 Å². The van der Waals surface area contributed by atoms with E-state index in [2.05, 4.69) is 20.9 Å². The van der Waals surface area contributed by atoms with Gasteiger partial charge >= 0.3 is 0 Å². The summed E-state index contributed by atoms with van der Waals surface area (Å²) in [7, 11) is 0. The van der Waals surface area contributed by atoms with Crippen molar-refractivity contribution >= 4 is 50.9 Å². The largest absolute Gasteiger partial charge is 0.295 e. The molecule has 1 unspecified atom stereocenters. The van der Waals surface area contributed by atoms with E-state index in [-0.39, 0.29) is 11.3 Å². The number of carbonyl (C=O) groups excluding carboxylic acids is 1. The van der Waals surface area contributed by atoms with Gasteiger partial charge in [0.25, 0.3) is 0 Å². The van der Waals surface area contributed by atoms with Crippen molar-refractivity contribution in [3.63, 3.8) is 0 Å². The third kappa shape index (κ3) is 2.27. The number of hydrogen-bond acceptors (Lipinski definition) is 2. The lowest BCUT2D eigenvalue weighted by Crippen LogP contribution is -2.25. The molecule has 1 aliphatic rings. The van der Waals surface area contributed by atoms with E-state index in [9.17, 15) is 4.79 Å². The smallest absolute Gasteiger partial charge is 0.229 e. The van der Waals surface area contributed by atoms with E-state index in [0.29, 0.717) is 23.8 Å². The van der Waals surface area contributed by atoms with Crippen molar-refractivity contribution in [2.24, 2.45) is 0 Å². The third-order valence-corrected chi connectivity index (χ3v) is 3.63. The first kappa shape index (κ1) is 11.2. The van der Waals surface area contributed by atoms with Crippen LogP contribution in [0.15, 0.2) is 16.7 Å². The highest BCUT2D eigenvalue weighted by molar-refractivity contribution is 9.10. The summed E-state index contributed by atoms with van der Waals surface area (Å²) in [5, 5.41) is 0.390. The van der Waals surface area contributed by atoms with Crippen LogP contribution in [-0.4, -0.2) is 22.8 Å². The highest BCUT2D eigenvalue weighted by Crippen LogP contribution is 2.28. The number of hydrogen-bond donors (Lipinski definition) is 0. The van der Waals surface area contributed by atoms with Gasteiger partial charge in [-0.3, -0.25) is 9.69 Å². The molecule has 80 valence electrons. The summed E-state index contributed by atoms with van der Waals surface area (Å²) in [6.07, 6.45) is 1.87. The maximum atomic E-state index is 11.5. The molecule has 6 heteroatoms. The molecule has 1 aromatic heterocycles. The maximum absolute atomic E-state index is 11.5. The first-order valence-corrected chi connectivity index (χ1v) is 5.94. The molecular formula is C9H7BrCl2N2O. The number of alkyl halides is 1. The minimum Gasteiger partial charge on any atom is -0.295 e. The normalized spacial score (nSPS) is 21.1. The van der Waals surface area contributed by atoms with Crippen LogP contribution in [0.3, 0.4) is 0 Å². The average molecular weight is 310 g/mol. The van der Waals surface area contributed by atoms with Gasteiger partial charge in [0.05, 0.1) is 10.4 Å². The summed E-state index contributed by atoms with van der Waals surface area (Å²) in [5.74, 6) is 0.580. The number of aromatic nitrogens is 1. The van der Waals surface area contributed by atoms with Gasteiger partial charge in [0.2, 0.25) is 5.91 Å². The second-order valence-electron chi connectivity index (χ2n) is 3.26. The molecule has 0 bridgehead atoms. The third-order valence-electron chi connectivity index (χ3n) is 2.15. The second-order valence-corrected chi connectivity index (χ2v) is 5.14. The fourth-order valence-electron chi connectivity index (χ4n) is 1.44. The molecule has 1 aromatic rings. The van der Waals surface area contributed by atoms with Crippen LogP contribution < -0.4 is 4.90 Å². The second kappa shape index (κ2) is 4.28. The van der Waals surface area contributed by atoms with Crippen molar-refractivity contribution in [2.75, 3.05) is 11.4 Å². The monoisotopic (exact) mass is 308 g/mol. The zero-order valence-corrected chi connectivity index (χ0v) is 10.7. The zero-order chi connectivity index (χ0) is 11.0. The lowest BCUT2D eigenvalue weighted by molar-refractivity contribution is -0.117. The topological polar surface area (TPSA) is 33.2 Å². The number of halogens is 3. The molecule has 0 saturated carbocycles. The van der Waals surface area contributed by atoms with E-state index < -0.39 is 0 Å². The first-order chi connectivity index (χ1) is 7.08. The van der Waals surface area contributed by atoms with Gasteiger partial charge in [-0.2, -0.15) is 0 Å². The molecule has 2 heterocycles. The van der Waals surface area contributed by atoms with Crippen LogP contribution >= 0.6 is 39.1 Å². The minimum absolute atomic E-state index is 0.00303. The predicted molar refractivity (Wildman–Crippen MR) is 63.6 cm³/mol. The summed E-state index contributed by atoms with van der Waals surface area (Å²) in [4.78, 5) is 17.2. The van der Waals surface area contributed by atoms with E-state index in [0.717, 1.165) is 4.47 Å². The van der Waals surface area contributed by atoms with Crippen molar-refractivity contribution < 1.29 is 4.79 Å². The quantitative estimate of drug-likeness (QED) is 0.747. The SMILES string of the molecule is O=C1CC(Cl)CN1c1cc(Br)c(Cl)cn1. The molecular weight excluding hydrogens is 303 g/mol. The van der Waals surface area contributed by atoms with Gasteiger partial charge < -0.3 is 0 Å². The summed E-state index contributed by atoms with van der Waals surface area (Å²) < 4.78 is 0.722. The maximum Gasteiger partial charge on any atom is 0.229 e. The molecule has 0 aliphatic carbocycles. The van der Waals surface area contributed by atoms with Gasteiger partial charge in [-0.05, 0) is 22.0 Å². The van der Waals surface area contributed by atoms with Crippen molar-refractivity contribution in [3.05, 3.63) is 21.8 Å². The standard InChI is InChI=1S/C9H7BrCl2N2O/c10-6-2-8(13-3-7(6)12)14-4-5(11)1-9(14)15/h2-3,5H,1,4H2. The molecule has 3 nitrogen and oxygen atoms in total. The Morgan fingerprint density at radius 2 is 2.33 bits per heavy atom. The van der Waals surface area contributed by atoms with Crippen molar-refractivity contribution in [2.45, 2.75) is 11.8 Å². The van der Waals surface area contributed by atoms with Gasteiger partial charge in [0.1, 0.15) is 5.82 Å². The van der Waals surface area contributed by atoms with Gasteiger partial charge in [0, 0.05) is 23.6 Å². The Kier molecular flexibility index (Phi) is 3.19. The highest BCUT2D eigenvalue weighted by atomic mass is 79.9. The zero-order valence-electron chi connectivity index (χ0n) is 7.58. The Balaban J connectivity index is 2.30. The molecule has 1 aliphatic heterocycles. The van der Waals surface area contributed by atoms with Gasteiger partial charge in [0.15, 0.2) is 0 Å². The van der Waals surface area contributed by atoms with Crippen LogP contribution in [0.25, 0.3) is 0 Å². The van der Waals surface area contributed by atoms with Gasteiger partial charge in [-0.25, -0.2) is 4.98 Å². The Morgan fingerprint density at radius 1 is 1.60 bits per heavy atom. The highest BCUT2D eigenvalue weighted by Gasteiger charge is 2.30. The average Bonchev–Trinajstić information content (AvgIpc) is 2.50. The van der Waals surface area contributed by atoms with Crippen molar-refractivity contribution in [1.82, 2.24) is 4.98 Å². The molecule has 1 amide bonds. The lowest BCUT2D eigenvalue weighted by atomic mass is 10.4. The molecule has 1 atom stereocenters.